The second-order valence-electron chi connectivity index (χ2n) is 5.32. The van der Waals surface area contributed by atoms with Crippen molar-refractivity contribution in [2.24, 2.45) is 5.73 Å². The molecule has 2 aromatic rings. The van der Waals surface area contributed by atoms with Gasteiger partial charge in [0.05, 0.1) is 0 Å². The first kappa shape index (κ1) is 14.9. The van der Waals surface area contributed by atoms with Crippen LogP contribution < -0.4 is 10.6 Å². The molecule has 0 spiro atoms. The number of nitrogens with two attached hydrogens (primary N) is 1. The van der Waals surface area contributed by atoms with Gasteiger partial charge in [0.15, 0.2) is 0 Å². The number of benzene rings is 2. The van der Waals surface area contributed by atoms with E-state index < -0.39 is 0 Å². The van der Waals surface area contributed by atoms with E-state index in [4.69, 9.17) is 5.73 Å². The molecule has 0 saturated heterocycles. The third-order valence-electron chi connectivity index (χ3n) is 4.02. The van der Waals surface area contributed by atoms with E-state index in [0.29, 0.717) is 6.04 Å². The van der Waals surface area contributed by atoms with E-state index in [2.05, 4.69) is 61.2 Å². The molecule has 20 heavy (non-hydrogen) atoms. The minimum atomic E-state index is 0.436. The van der Waals surface area contributed by atoms with E-state index in [0.717, 1.165) is 13.1 Å². The van der Waals surface area contributed by atoms with Crippen molar-refractivity contribution in [3.05, 3.63) is 42.5 Å². The lowest BCUT2D eigenvalue weighted by Crippen LogP contribution is -2.40. The van der Waals surface area contributed by atoms with Gasteiger partial charge >= 0.3 is 0 Å². The first-order valence-corrected chi connectivity index (χ1v) is 7.76. The third-order valence-corrected chi connectivity index (χ3v) is 4.02. The highest BCUT2D eigenvalue weighted by Gasteiger charge is 2.17. The number of nitrogens with zero attached hydrogens (tertiary/aromatic N) is 1. The van der Waals surface area contributed by atoms with Crippen LogP contribution in [0.2, 0.25) is 0 Å². The smallest absolute Gasteiger partial charge is 0.0448 e. The van der Waals surface area contributed by atoms with Gasteiger partial charge in [-0.15, -0.1) is 0 Å². The molecule has 0 aliphatic heterocycles. The summed E-state index contributed by atoms with van der Waals surface area (Å²) in [7, 11) is 0. The average Bonchev–Trinajstić information content (AvgIpc) is 2.51. The molecule has 0 saturated carbocycles. The molecule has 0 amide bonds. The van der Waals surface area contributed by atoms with E-state index in [1.54, 1.807) is 0 Å². The Kier molecular flexibility index (Phi) is 5.42. The van der Waals surface area contributed by atoms with Crippen LogP contribution in [0, 0.1) is 0 Å². The molecule has 0 bridgehead atoms. The second kappa shape index (κ2) is 7.30. The molecular formula is C18H26N2. The lowest BCUT2D eigenvalue weighted by atomic mass is 10.0. The summed E-state index contributed by atoms with van der Waals surface area (Å²) in [6, 6.07) is 15.6. The van der Waals surface area contributed by atoms with Crippen LogP contribution in [0.4, 0.5) is 5.69 Å². The Labute approximate surface area is 122 Å². The van der Waals surface area contributed by atoms with Crippen molar-refractivity contribution in [3.8, 4) is 0 Å². The molecule has 2 heteroatoms. The second-order valence-corrected chi connectivity index (χ2v) is 5.32. The molecule has 1 unspecified atom stereocenters. The van der Waals surface area contributed by atoms with E-state index in [1.165, 1.54) is 35.7 Å². The molecule has 0 aliphatic rings. The SMILES string of the molecule is CCCCC(CN)N(CC)c1cccc2ccccc12. The van der Waals surface area contributed by atoms with Crippen molar-refractivity contribution < 1.29 is 0 Å². The summed E-state index contributed by atoms with van der Waals surface area (Å²) >= 11 is 0. The number of rotatable bonds is 7. The fourth-order valence-corrected chi connectivity index (χ4v) is 2.92. The molecule has 2 rings (SSSR count). The molecule has 2 nitrogen and oxygen atoms in total. The summed E-state index contributed by atoms with van der Waals surface area (Å²) in [5.74, 6) is 0. The molecule has 0 fully saturated rings. The van der Waals surface area contributed by atoms with Crippen LogP contribution >= 0.6 is 0 Å². The Bertz CT molecular complexity index is 530. The minimum Gasteiger partial charge on any atom is -0.367 e. The normalized spacial score (nSPS) is 12.6. The quantitative estimate of drug-likeness (QED) is 0.817. The Morgan fingerprint density at radius 2 is 1.80 bits per heavy atom. The van der Waals surface area contributed by atoms with Crippen LogP contribution in [0.1, 0.15) is 33.1 Å². The van der Waals surface area contributed by atoms with Gasteiger partial charge in [0.25, 0.3) is 0 Å². The number of hydrogen-bond acceptors (Lipinski definition) is 2. The van der Waals surface area contributed by atoms with E-state index in [1.807, 2.05) is 0 Å². The number of fused-ring (bicyclic) bond motifs is 1. The highest BCUT2D eigenvalue weighted by Crippen LogP contribution is 2.28. The van der Waals surface area contributed by atoms with Crippen LogP contribution in [-0.4, -0.2) is 19.1 Å². The van der Waals surface area contributed by atoms with Crippen LogP contribution in [0.3, 0.4) is 0 Å². The summed E-state index contributed by atoms with van der Waals surface area (Å²) < 4.78 is 0. The summed E-state index contributed by atoms with van der Waals surface area (Å²) in [6.45, 7) is 6.18. The average molecular weight is 270 g/mol. The molecule has 0 aromatic heterocycles. The molecule has 2 aromatic carbocycles. The zero-order valence-corrected chi connectivity index (χ0v) is 12.7. The van der Waals surface area contributed by atoms with E-state index in [-0.39, 0.29) is 0 Å². The standard InChI is InChI=1S/C18H26N2/c1-3-5-11-16(14-19)20(4-2)18-13-8-10-15-9-6-7-12-17(15)18/h6-10,12-13,16H,3-5,11,14,19H2,1-2H3. The Hall–Kier alpha value is -1.54. The van der Waals surface area contributed by atoms with Gasteiger partial charge in [0, 0.05) is 30.2 Å². The van der Waals surface area contributed by atoms with Gasteiger partial charge in [-0.2, -0.15) is 0 Å². The number of hydrogen-bond donors (Lipinski definition) is 1. The van der Waals surface area contributed by atoms with Crippen LogP contribution in [0.5, 0.6) is 0 Å². The Morgan fingerprint density at radius 3 is 2.50 bits per heavy atom. The predicted octanol–water partition coefficient (Wildman–Crippen LogP) is 4.18. The molecule has 0 heterocycles. The van der Waals surface area contributed by atoms with Crippen molar-refractivity contribution in [1.82, 2.24) is 0 Å². The maximum absolute atomic E-state index is 6.03. The van der Waals surface area contributed by atoms with Crippen molar-refractivity contribution in [2.75, 3.05) is 18.0 Å². The number of unbranched alkanes of at least 4 members (excludes halogenated alkanes) is 1. The summed E-state index contributed by atoms with van der Waals surface area (Å²) in [4.78, 5) is 2.47. The molecular weight excluding hydrogens is 244 g/mol. The lowest BCUT2D eigenvalue weighted by molar-refractivity contribution is 0.541. The summed E-state index contributed by atoms with van der Waals surface area (Å²) in [6.07, 6.45) is 3.64. The van der Waals surface area contributed by atoms with E-state index in [9.17, 15) is 0 Å². The topological polar surface area (TPSA) is 29.3 Å². The van der Waals surface area contributed by atoms with Crippen molar-refractivity contribution in [1.29, 1.82) is 0 Å². The van der Waals surface area contributed by atoms with Gasteiger partial charge < -0.3 is 10.6 Å². The number of anilines is 1. The van der Waals surface area contributed by atoms with Gasteiger partial charge in [0.1, 0.15) is 0 Å². The van der Waals surface area contributed by atoms with Gasteiger partial charge in [-0.1, -0.05) is 56.2 Å². The molecule has 2 N–H and O–H groups in total. The molecule has 108 valence electrons. The monoisotopic (exact) mass is 270 g/mol. The molecule has 0 radical (unpaired) electrons. The first-order valence-electron chi connectivity index (χ1n) is 7.76. The fourth-order valence-electron chi connectivity index (χ4n) is 2.92. The van der Waals surface area contributed by atoms with E-state index >= 15 is 0 Å². The van der Waals surface area contributed by atoms with Gasteiger partial charge in [-0.25, -0.2) is 0 Å². The molecule has 1 atom stereocenters. The first-order chi connectivity index (χ1) is 9.81. The zero-order chi connectivity index (χ0) is 14.4. The van der Waals surface area contributed by atoms with Gasteiger partial charge in [0.2, 0.25) is 0 Å². The van der Waals surface area contributed by atoms with Crippen LogP contribution in [0.25, 0.3) is 10.8 Å². The third kappa shape index (κ3) is 3.13. The predicted molar refractivity (Wildman–Crippen MR) is 89.3 cm³/mol. The Balaban J connectivity index is 2.37. The van der Waals surface area contributed by atoms with Gasteiger partial charge in [-0.3, -0.25) is 0 Å². The maximum Gasteiger partial charge on any atom is 0.0448 e. The largest absolute Gasteiger partial charge is 0.367 e. The van der Waals surface area contributed by atoms with Crippen LogP contribution in [0.15, 0.2) is 42.5 Å². The van der Waals surface area contributed by atoms with Crippen molar-refractivity contribution in [3.63, 3.8) is 0 Å². The zero-order valence-electron chi connectivity index (χ0n) is 12.7. The van der Waals surface area contributed by atoms with Crippen molar-refractivity contribution >= 4 is 16.5 Å². The van der Waals surface area contributed by atoms with Crippen LogP contribution in [-0.2, 0) is 0 Å². The maximum atomic E-state index is 6.03. The fraction of sp³-hybridized carbons (Fsp3) is 0.444. The summed E-state index contributed by atoms with van der Waals surface area (Å²) in [5.41, 5.74) is 7.35. The highest BCUT2D eigenvalue weighted by atomic mass is 15.2. The number of likely N-dealkylation sites (N-methyl/N-ethyl adjacent to an activating group) is 1. The highest BCUT2D eigenvalue weighted by molar-refractivity contribution is 5.94. The summed E-state index contributed by atoms with van der Waals surface area (Å²) in [5, 5.41) is 2.63. The van der Waals surface area contributed by atoms with Gasteiger partial charge in [-0.05, 0) is 24.8 Å². The van der Waals surface area contributed by atoms with Crippen molar-refractivity contribution in [2.45, 2.75) is 39.2 Å². The minimum absolute atomic E-state index is 0.436. The lowest BCUT2D eigenvalue weighted by Gasteiger charge is -2.33. The molecule has 0 aliphatic carbocycles. The Morgan fingerprint density at radius 1 is 1.05 bits per heavy atom.